The lowest BCUT2D eigenvalue weighted by Crippen LogP contribution is -2.26. The molecule has 0 aliphatic carbocycles. The summed E-state index contributed by atoms with van der Waals surface area (Å²) in [7, 11) is 0. The molecule has 0 saturated carbocycles. The van der Waals surface area contributed by atoms with Crippen LogP contribution in [-0.4, -0.2) is 28.1 Å². The summed E-state index contributed by atoms with van der Waals surface area (Å²) in [6.07, 6.45) is 1.46. The van der Waals surface area contributed by atoms with Gasteiger partial charge in [-0.2, -0.15) is 0 Å². The van der Waals surface area contributed by atoms with Crippen molar-refractivity contribution in [3.8, 4) is 0 Å². The molecule has 0 aliphatic rings. The second-order valence-corrected chi connectivity index (χ2v) is 6.53. The first-order valence-electron chi connectivity index (χ1n) is 8.06. The Morgan fingerprint density at radius 1 is 1.00 bits per heavy atom. The van der Waals surface area contributed by atoms with Gasteiger partial charge >= 0.3 is 11.9 Å². The SMILES string of the molecule is CC(C)CC[C@H](C(=O)O)[C@H](C)CC(=O)Nc1ccc(C(=O)O)cc1. The van der Waals surface area contributed by atoms with Crippen LogP contribution in [0.15, 0.2) is 24.3 Å². The first-order valence-corrected chi connectivity index (χ1v) is 8.06. The van der Waals surface area contributed by atoms with Crippen LogP contribution in [0.4, 0.5) is 5.69 Å². The lowest BCUT2D eigenvalue weighted by molar-refractivity contribution is -0.144. The van der Waals surface area contributed by atoms with Gasteiger partial charge in [0.1, 0.15) is 0 Å². The molecular weight excluding hydrogens is 310 g/mol. The maximum atomic E-state index is 12.1. The van der Waals surface area contributed by atoms with Crippen molar-refractivity contribution in [2.45, 2.75) is 40.0 Å². The second kappa shape index (κ2) is 9.05. The van der Waals surface area contributed by atoms with Crippen LogP contribution in [0.2, 0.25) is 0 Å². The fourth-order valence-corrected chi connectivity index (χ4v) is 2.51. The van der Waals surface area contributed by atoms with Gasteiger partial charge in [-0.1, -0.05) is 27.2 Å². The molecule has 0 saturated heterocycles. The number of nitrogens with one attached hydrogen (secondary N) is 1. The number of rotatable bonds is 9. The van der Waals surface area contributed by atoms with Gasteiger partial charge in [0.15, 0.2) is 0 Å². The van der Waals surface area contributed by atoms with Crippen LogP contribution < -0.4 is 5.32 Å². The van der Waals surface area contributed by atoms with E-state index in [2.05, 4.69) is 5.32 Å². The average molecular weight is 335 g/mol. The Labute approximate surface area is 141 Å². The Kier molecular flexibility index (Phi) is 7.42. The van der Waals surface area contributed by atoms with Gasteiger partial charge in [-0.3, -0.25) is 9.59 Å². The van der Waals surface area contributed by atoms with Gasteiger partial charge in [0.05, 0.1) is 11.5 Å². The van der Waals surface area contributed by atoms with Crippen molar-refractivity contribution in [2.75, 3.05) is 5.32 Å². The summed E-state index contributed by atoms with van der Waals surface area (Å²) in [6.45, 7) is 5.85. The molecule has 2 atom stereocenters. The highest BCUT2D eigenvalue weighted by Gasteiger charge is 2.26. The summed E-state index contributed by atoms with van der Waals surface area (Å²) in [5, 5.41) is 20.9. The van der Waals surface area contributed by atoms with E-state index in [1.54, 1.807) is 6.92 Å². The molecule has 6 heteroatoms. The van der Waals surface area contributed by atoms with Gasteiger partial charge in [0.25, 0.3) is 0 Å². The molecule has 24 heavy (non-hydrogen) atoms. The summed E-state index contributed by atoms with van der Waals surface area (Å²) in [5.41, 5.74) is 0.632. The Morgan fingerprint density at radius 2 is 1.58 bits per heavy atom. The highest BCUT2D eigenvalue weighted by molar-refractivity contribution is 5.92. The summed E-state index contributed by atoms with van der Waals surface area (Å²) in [4.78, 5) is 34.3. The van der Waals surface area contributed by atoms with Crippen molar-refractivity contribution in [2.24, 2.45) is 17.8 Å². The number of amides is 1. The van der Waals surface area contributed by atoms with E-state index in [-0.39, 0.29) is 23.8 Å². The number of anilines is 1. The number of hydrogen-bond acceptors (Lipinski definition) is 3. The average Bonchev–Trinajstić information content (AvgIpc) is 2.46. The Balaban J connectivity index is 2.61. The van der Waals surface area contributed by atoms with Gasteiger partial charge in [-0.25, -0.2) is 4.79 Å². The molecule has 0 heterocycles. The van der Waals surface area contributed by atoms with Crippen molar-refractivity contribution in [1.82, 2.24) is 0 Å². The zero-order valence-electron chi connectivity index (χ0n) is 14.3. The van der Waals surface area contributed by atoms with E-state index >= 15 is 0 Å². The first-order chi connectivity index (χ1) is 11.2. The third kappa shape index (κ3) is 6.40. The minimum atomic E-state index is -1.03. The molecule has 1 amide bonds. The molecule has 0 unspecified atom stereocenters. The predicted molar refractivity (Wildman–Crippen MR) is 91.0 cm³/mol. The van der Waals surface area contributed by atoms with Crippen LogP contribution >= 0.6 is 0 Å². The number of aliphatic carboxylic acids is 1. The van der Waals surface area contributed by atoms with E-state index in [1.807, 2.05) is 13.8 Å². The molecule has 0 fully saturated rings. The first kappa shape index (κ1) is 19.7. The van der Waals surface area contributed by atoms with Crippen LogP contribution in [0.5, 0.6) is 0 Å². The van der Waals surface area contributed by atoms with E-state index < -0.39 is 17.9 Å². The third-order valence-electron chi connectivity index (χ3n) is 3.98. The topological polar surface area (TPSA) is 104 Å². The molecule has 0 bridgehead atoms. The molecule has 6 nitrogen and oxygen atoms in total. The van der Waals surface area contributed by atoms with E-state index in [9.17, 15) is 19.5 Å². The predicted octanol–water partition coefficient (Wildman–Crippen LogP) is 3.49. The number of carbonyl (C=O) groups excluding carboxylic acids is 1. The van der Waals surface area contributed by atoms with Crippen molar-refractivity contribution in [3.63, 3.8) is 0 Å². The lowest BCUT2D eigenvalue weighted by Gasteiger charge is -2.20. The fourth-order valence-electron chi connectivity index (χ4n) is 2.51. The molecule has 0 aliphatic heterocycles. The summed E-state index contributed by atoms with van der Waals surface area (Å²) in [5.74, 6) is -2.59. The highest BCUT2D eigenvalue weighted by atomic mass is 16.4. The number of carbonyl (C=O) groups is 3. The van der Waals surface area contributed by atoms with Crippen molar-refractivity contribution in [3.05, 3.63) is 29.8 Å². The Hall–Kier alpha value is -2.37. The van der Waals surface area contributed by atoms with E-state index in [1.165, 1.54) is 24.3 Å². The summed E-state index contributed by atoms with van der Waals surface area (Å²) < 4.78 is 0. The maximum absolute atomic E-state index is 12.1. The van der Waals surface area contributed by atoms with Gasteiger partial charge < -0.3 is 15.5 Å². The van der Waals surface area contributed by atoms with Gasteiger partial charge in [0.2, 0.25) is 5.91 Å². The van der Waals surface area contributed by atoms with E-state index in [4.69, 9.17) is 5.11 Å². The van der Waals surface area contributed by atoms with E-state index in [0.29, 0.717) is 18.0 Å². The standard InChI is InChI=1S/C18H25NO5/c1-11(2)4-9-15(18(23)24)12(3)10-16(20)19-14-7-5-13(6-8-14)17(21)22/h5-8,11-12,15H,4,9-10H2,1-3H3,(H,19,20)(H,21,22)(H,23,24)/t12-,15+/m1/s1. The van der Waals surface area contributed by atoms with Crippen LogP contribution in [0.1, 0.15) is 50.4 Å². The number of carboxylic acids is 2. The zero-order valence-corrected chi connectivity index (χ0v) is 14.3. The molecule has 1 aromatic rings. The van der Waals surface area contributed by atoms with Crippen LogP contribution in [0, 0.1) is 17.8 Å². The van der Waals surface area contributed by atoms with Gasteiger partial charge in [0, 0.05) is 12.1 Å². The minimum Gasteiger partial charge on any atom is -0.481 e. The molecule has 1 rings (SSSR count). The Morgan fingerprint density at radius 3 is 2.04 bits per heavy atom. The molecule has 0 spiro atoms. The number of aromatic carboxylic acids is 1. The van der Waals surface area contributed by atoms with Crippen molar-refractivity contribution < 1.29 is 24.6 Å². The van der Waals surface area contributed by atoms with Crippen molar-refractivity contribution >= 4 is 23.5 Å². The largest absolute Gasteiger partial charge is 0.481 e. The van der Waals surface area contributed by atoms with Crippen molar-refractivity contribution in [1.29, 1.82) is 0 Å². The fraction of sp³-hybridized carbons (Fsp3) is 0.500. The second-order valence-electron chi connectivity index (χ2n) is 6.53. The molecule has 1 aromatic carbocycles. The number of benzene rings is 1. The van der Waals surface area contributed by atoms with Crippen LogP contribution in [-0.2, 0) is 9.59 Å². The quantitative estimate of drug-likeness (QED) is 0.641. The third-order valence-corrected chi connectivity index (χ3v) is 3.98. The Bertz CT molecular complexity index is 580. The highest BCUT2D eigenvalue weighted by Crippen LogP contribution is 2.24. The zero-order chi connectivity index (χ0) is 18.3. The maximum Gasteiger partial charge on any atom is 0.335 e. The molecule has 0 aromatic heterocycles. The minimum absolute atomic E-state index is 0.107. The number of carboxylic acid groups (broad SMARTS) is 2. The molecule has 0 radical (unpaired) electrons. The smallest absolute Gasteiger partial charge is 0.335 e. The number of hydrogen-bond donors (Lipinski definition) is 3. The normalized spacial score (nSPS) is 13.3. The monoisotopic (exact) mass is 335 g/mol. The molecular formula is C18H25NO5. The lowest BCUT2D eigenvalue weighted by atomic mass is 9.85. The van der Waals surface area contributed by atoms with Gasteiger partial charge in [-0.05, 0) is 42.5 Å². The van der Waals surface area contributed by atoms with Crippen LogP contribution in [0.3, 0.4) is 0 Å². The molecule has 132 valence electrons. The van der Waals surface area contributed by atoms with Crippen LogP contribution in [0.25, 0.3) is 0 Å². The van der Waals surface area contributed by atoms with Gasteiger partial charge in [-0.15, -0.1) is 0 Å². The van der Waals surface area contributed by atoms with E-state index in [0.717, 1.165) is 6.42 Å². The molecule has 3 N–H and O–H groups in total. The summed E-state index contributed by atoms with van der Waals surface area (Å²) >= 11 is 0. The summed E-state index contributed by atoms with van der Waals surface area (Å²) in [6, 6.07) is 5.84.